The van der Waals surface area contributed by atoms with Crippen LogP contribution in [0.25, 0.3) is 11.2 Å². The summed E-state index contributed by atoms with van der Waals surface area (Å²) >= 11 is 0.774. The summed E-state index contributed by atoms with van der Waals surface area (Å²) in [6.45, 7) is -0.471. The first-order valence-corrected chi connectivity index (χ1v) is 9.49. The van der Waals surface area contributed by atoms with Gasteiger partial charge >= 0.3 is 0 Å². The van der Waals surface area contributed by atoms with Gasteiger partial charge in [-0.05, 0) is 23.9 Å². The van der Waals surface area contributed by atoms with E-state index in [4.69, 9.17) is 4.74 Å². The molecule has 1 aliphatic rings. The monoisotopic (exact) mass is 433 g/mol. The third-order valence-corrected chi connectivity index (χ3v) is 5.53. The molecule has 3 heterocycles. The van der Waals surface area contributed by atoms with Gasteiger partial charge in [0.1, 0.15) is 35.2 Å². The molecule has 13 heteroatoms. The first-order valence-electron chi connectivity index (χ1n) is 8.67. The summed E-state index contributed by atoms with van der Waals surface area (Å²) in [5.74, 6) is 0. The van der Waals surface area contributed by atoms with Crippen molar-refractivity contribution < 1.29 is 29.8 Å². The number of nitro benzene ring substituents is 1. The second kappa shape index (κ2) is 8.04. The van der Waals surface area contributed by atoms with Crippen molar-refractivity contribution in [3.05, 3.63) is 52.6 Å². The summed E-state index contributed by atoms with van der Waals surface area (Å²) in [6.07, 6.45) is -2.03. The molecule has 0 amide bonds. The highest BCUT2D eigenvalue weighted by Gasteiger charge is 2.44. The Bertz CT molecular complexity index is 1110. The van der Waals surface area contributed by atoms with Gasteiger partial charge in [0.25, 0.3) is 5.69 Å². The first kappa shape index (κ1) is 20.3. The number of benzene rings is 1. The number of carbonyl (C=O) groups is 1. The Morgan fingerprint density at radius 1 is 1.20 bits per heavy atom. The standard InChI is InChI=1S/C17H15N5O7S/c23-5-10-12(24)13(25)16(29-10)21-7-20-11-14(21)18-6-19-15(11)30-17(26)8-1-3-9(4-2-8)22(27)28/h1-4,6-7,10,12-13,16,23-25H,5H2/t10-,12-,13-,16-/m1/s1. The molecular weight excluding hydrogens is 418 g/mol. The van der Waals surface area contributed by atoms with Gasteiger partial charge in [-0.15, -0.1) is 0 Å². The third-order valence-electron chi connectivity index (χ3n) is 4.62. The average molecular weight is 433 g/mol. The van der Waals surface area contributed by atoms with Crippen LogP contribution in [0.5, 0.6) is 0 Å². The van der Waals surface area contributed by atoms with Gasteiger partial charge in [0.05, 0.1) is 17.9 Å². The zero-order chi connectivity index (χ0) is 21.4. The predicted molar refractivity (Wildman–Crippen MR) is 102 cm³/mol. The normalized spacial score (nSPS) is 23.7. The van der Waals surface area contributed by atoms with Gasteiger partial charge in [0.2, 0.25) is 5.12 Å². The quantitative estimate of drug-likeness (QED) is 0.218. The largest absolute Gasteiger partial charge is 0.394 e. The highest BCUT2D eigenvalue weighted by Crippen LogP contribution is 2.33. The number of hydrogen-bond donors (Lipinski definition) is 3. The minimum Gasteiger partial charge on any atom is -0.394 e. The van der Waals surface area contributed by atoms with Crippen LogP contribution < -0.4 is 0 Å². The van der Waals surface area contributed by atoms with E-state index in [1.165, 1.54) is 41.5 Å². The number of aliphatic hydroxyl groups excluding tert-OH is 3. The first-order chi connectivity index (χ1) is 14.4. The van der Waals surface area contributed by atoms with E-state index in [2.05, 4.69) is 15.0 Å². The topological polar surface area (TPSA) is 174 Å². The Labute approximate surface area is 172 Å². The van der Waals surface area contributed by atoms with E-state index >= 15 is 0 Å². The van der Waals surface area contributed by atoms with Crippen LogP contribution in [0.3, 0.4) is 0 Å². The van der Waals surface area contributed by atoms with Crippen molar-refractivity contribution in [2.75, 3.05) is 6.61 Å². The molecule has 1 fully saturated rings. The summed E-state index contributed by atoms with van der Waals surface area (Å²) < 4.78 is 6.88. The summed E-state index contributed by atoms with van der Waals surface area (Å²) in [5.41, 5.74) is 0.660. The summed E-state index contributed by atoms with van der Waals surface area (Å²) in [7, 11) is 0. The number of nitro groups is 1. The minimum absolute atomic E-state index is 0.127. The van der Waals surface area contributed by atoms with E-state index in [9.17, 15) is 30.2 Å². The molecule has 4 atom stereocenters. The fraction of sp³-hybridized carbons (Fsp3) is 0.294. The third kappa shape index (κ3) is 3.53. The SMILES string of the molecule is O=C(Sc1ncnc2c1ncn2[C@@H]1O[C@H](CO)[C@@H](O)[C@H]1O)c1ccc([N+](=O)[O-])cc1. The van der Waals surface area contributed by atoms with Crippen LogP contribution in [0.2, 0.25) is 0 Å². The lowest BCUT2D eigenvalue weighted by molar-refractivity contribution is -0.384. The van der Waals surface area contributed by atoms with Crippen molar-refractivity contribution in [3.8, 4) is 0 Å². The summed E-state index contributed by atoms with van der Waals surface area (Å²) in [6, 6.07) is 5.17. The maximum atomic E-state index is 12.6. The molecule has 0 spiro atoms. The Balaban J connectivity index is 1.61. The number of ether oxygens (including phenoxy) is 1. The van der Waals surface area contributed by atoms with E-state index in [-0.39, 0.29) is 27.4 Å². The van der Waals surface area contributed by atoms with Crippen LogP contribution in [0.1, 0.15) is 16.6 Å². The fourth-order valence-electron chi connectivity index (χ4n) is 3.07. The molecule has 0 saturated carbocycles. The molecule has 3 aromatic rings. The van der Waals surface area contributed by atoms with Crippen molar-refractivity contribution in [2.45, 2.75) is 29.6 Å². The van der Waals surface area contributed by atoms with Gasteiger partial charge < -0.3 is 20.1 Å². The molecule has 2 aromatic heterocycles. The van der Waals surface area contributed by atoms with Crippen molar-refractivity contribution in [1.82, 2.24) is 19.5 Å². The van der Waals surface area contributed by atoms with Crippen molar-refractivity contribution in [3.63, 3.8) is 0 Å². The Morgan fingerprint density at radius 2 is 1.93 bits per heavy atom. The van der Waals surface area contributed by atoms with E-state index in [1.54, 1.807) is 0 Å². The molecule has 156 valence electrons. The zero-order valence-corrected chi connectivity index (χ0v) is 15.9. The number of hydrogen-bond acceptors (Lipinski definition) is 11. The molecule has 30 heavy (non-hydrogen) atoms. The minimum atomic E-state index is -1.31. The molecule has 1 aliphatic heterocycles. The highest BCUT2D eigenvalue weighted by atomic mass is 32.2. The Kier molecular flexibility index (Phi) is 5.44. The molecule has 3 N–H and O–H groups in total. The average Bonchev–Trinajstić information content (AvgIpc) is 3.30. The number of rotatable bonds is 5. The van der Waals surface area contributed by atoms with Crippen LogP contribution in [0.15, 0.2) is 41.9 Å². The summed E-state index contributed by atoms with van der Waals surface area (Å²) in [5, 5.41) is 40.0. The van der Waals surface area contributed by atoms with Gasteiger partial charge in [0, 0.05) is 17.7 Å². The van der Waals surface area contributed by atoms with E-state index in [1.807, 2.05) is 0 Å². The second-order valence-corrected chi connectivity index (χ2v) is 7.39. The summed E-state index contributed by atoms with van der Waals surface area (Å²) in [4.78, 5) is 35.1. The maximum absolute atomic E-state index is 12.6. The van der Waals surface area contributed by atoms with Crippen molar-refractivity contribution >= 4 is 33.7 Å². The number of non-ortho nitro benzene ring substituents is 1. The molecule has 1 saturated heterocycles. The number of carbonyl (C=O) groups excluding carboxylic acids is 1. The van der Waals surface area contributed by atoms with E-state index < -0.39 is 41.2 Å². The number of imidazole rings is 1. The Morgan fingerprint density at radius 3 is 2.57 bits per heavy atom. The molecular formula is C17H15N5O7S. The second-order valence-electron chi connectivity index (χ2n) is 6.43. The van der Waals surface area contributed by atoms with Crippen LogP contribution >= 0.6 is 11.8 Å². The molecule has 12 nitrogen and oxygen atoms in total. The highest BCUT2D eigenvalue weighted by molar-refractivity contribution is 8.14. The lowest BCUT2D eigenvalue weighted by Crippen LogP contribution is -2.33. The van der Waals surface area contributed by atoms with Gasteiger partial charge in [-0.25, -0.2) is 15.0 Å². The predicted octanol–water partition coefficient (Wildman–Crippen LogP) is 0.278. The van der Waals surface area contributed by atoms with Crippen LogP contribution in [-0.2, 0) is 4.74 Å². The van der Waals surface area contributed by atoms with Crippen LogP contribution in [0, 0.1) is 10.1 Å². The number of aromatic nitrogens is 4. The van der Waals surface area contributed by atoms with Gasteiger partial charge in [-0.2, -0.15) is 0 Å². The van der Waals surface area contributed by atoms with Crippen LogP contribution in [0.4, 0.5) is 5.69 Å². The molecule has 0 bridgehead atoms. The zero-order valence-electron chi connectivity index (χ0n) is 15.1. The van der Waals surface area contributed by atoms with E-state index in [0.717, 1.165) is 11.8 Å². The van der Waals surface area contributed by atoms with E-state index in [0.29, 0.717) is 0 Å². The molecule has 0 radical (unpaired) electrons. The lowest BCUT2D eigenvalue weighted by atomic mass is 10.1. The van der Waals surface area contributed by atoms with Crippen molar-refractivity contribution in [2.24, 2.45) is 0 Å². The molecule has 4 rings (SSSR count). The number of thioether (sulfide) groups is 1. The number of fused-ring (bicyclic) bond motifs is 1. The Hall–Kier alpha value is -2.97. The molecule has 0 unspecified atom stereocenters. The molecule has 1 aromatic carbocycles. The smallest absolute Gasteiger partial charge is 0.269 e. The van der Waals surface area contributed by atoms with Crippen molar-refractivity contribution in [1.29, 1.82) is 0 Å². The van der Waals surface area contributed by atoms with Crippen LogP contribution in [-0.4, -0.2) is 69.8 Å². The molecule has 0 aliphatic carbocycles. The number of aliphatic hydroxyl groups is 3. The van der Waals surface area contributed by atoms with Gasteiger partial charge in [-0.3, -0.25) is 19.5 Å². The maximum Gasteiger partial charge on any atom is 0.269 e. The van der Waals surface area contributed by atoms with Gasteiger partial charge in [0.15, 0.2) is 11.9 Å². The lowest BCUT2D eigenvalue weighted by Gasteiger charge is -2.16. The number of nitrogens with zero attached hydrogens (tertiary/aromatic N) is 5. The van der Waals surface area contributed by atoms with Gasteiger partial charge in [-0.1, -0.05) is 0 Å². The fourth-order valence-corrected chi connectivity index (χ4v) is 3.84.